The van der Waals surface area contributed by atoms with Crippen molar-refractivity contribution in [3.8, 4) is 0 Å². The molecule has 0 aliphatic rings. The van der Waals surface area contributed by atoms with E-state index in [2.05, 4.69) is 12.1 Å². The molecule has 1 atom stereocenters. The van der Waals surface area contributed by atoms with Crippen LogP contribution in [0.3, 0.4) is 0 Å². The molecule has 0 saturated carbocycles. The first-order valence-corrected chi connectivity index (χ1v) is 8.09. The second-order valence-corrected chi connectivity index (χ2v) is 5.81. The quantitative estimate of drug-likeness (QED) is 0.716. The predicted octanol–water partition coefficient (Wildman–Crippen LogP) is 4.16. The third kappa shape index (κ3) is 3.19. The molecule has 2 N–H and O–H groups in total. The van der Waals surface area contributed by atoms with Crippen molar-refractivity contribution in [2.24, 2.45) is 5.73 Å². The Kier molecular flexibility index (Phi) is 4.67. The number of furan rings is 1. The van der Waals surface area contributed by atoms with Crippen molar-refractivity contribution in [2.45, 2.75) is 26.3 Å². The molecule has 0 amide bonds. The summed E-state index contributed by atoms with van der Waals surface area (Å²) >= 11 is 0. The van der Waals surface area contributed by atoms with Gasteiger partial charge in [0.05, 0.1) is 6.61 Å². The van der Waals surface area contributed by atoms with Gasteiger partial charge >= 0.3 is 5.97 Å². The van der Waals surface area contributed by atoms with E-state index >= 15 is 0 Å². The molecule has 1 aromatic heterocycles. The minimum atomic E-state index is -0.359. The van der Waals surface area contributed by atoms with Crippen LogP contribution in [0.5, 0.6) is 0 Å². The number of carbonyl (C=O) groups excluding carboxylic acids is 1. The van der Waals surface area contributed by atoms with Gasteiger partial charge < -0.3 is 14.9 Å². The third-order valence-electron chi connectivity index (χ3n) is 4.09. The standard InChI is InChI=1S/C20H21NO3/c1-3-23-20(22)19-13(2)24-18-10-9-15(12-16(18)19)17(21)11-14-7-5-4-6-8-14/h4-10,12,17H,3,11,21H2,1-2H3. The van der Waals surface area contributed by atoms with Crippen LogP contribution in [-0.4, -0.2) is 12.6 Å². The van der Waals surface area contributed by atoms with Gasteiger partial charge in [-0.25, -0.2) is 4.79 Å². The normalized spacial score (nSPS) is 12.3. The molecular weight excluding hydrogens is 302 g/mol. The van der Waals surface area contributed by atoms with Crippen molar-refractivity contribution in [3.63, 3.8) is 0 Å². The second-order valence-electron chi connectivity index (χ2n) is 5.81. The van der Waals surface area contributed by atoms with Crippen LogP contribution in [0.4, 0.5) is 0 Å². The molecule has 0 bridgehead atoms. The summed E-state index contributed by atoms with van der Waals surface area (Å²) in [6.45, 7) is 3.89. The molecule has 0 aliphatic heterocycles. The van der Waals surface area contributed by atoms with E-state index in [0.29, 0.717) is 23.5 Å². The van der Waals surface area contributed by atoms with E-state index in [1.165, 1.54) is 5.56 Å². The number of hydrogen-bond donors (Lipinski definition) is 1. The van der Waals surface area contributed by atoms with Crippen LogP contribution in [0.15, 0.2) is 52.9 Å². The molecule has 2 aromatic carbocycles. The lowest BCUT2D eigenvalue weighted by Gasteiger charge is -2.12. The van der Waals surface area contributed by atoms with Crippen molar-refractivity contribution in [2.75, 3.05) is 6.61 Å². The number of carbonyl (C=O) groups is 1. The fourth-order valence-corrected chi connectivity index (χ4v) is 2.91. The van der Waals surface area contributed by atoms with E-state index in [4.69, 9.17) is 14.9 Å². The van der Waals surface area contributed by atoms with Gasteiger partial charge in [0.15, 0.2) is 0 Å². The van der Waals surface area contributed by atoms with E-state index < -0.39 is 0 Å². The van der Waals surface area contributed by atoms with Crippen molar-refractivity contribution in [1.82, 2.24) is 0 Å². The van der Waals surface area contributed by atoms with Gasteiger partial charge in [-0.15, -0.1) is 0 Å². The molecule has 0 radical (unpaired) electrons. The summed E-state index contributed by atoms with van der Waals surface area (Å²) in [4.78, 5) is 12.2. The summed E-state index contributed by atoms with van der Waals surface area (Å²) in [5, 5.41) is 0.756. The molecule has 1 unspecified atom stereocenters. The maximum Gasteiger partial charge on any atom is 0.342 e. The first kappa shape index (κ1) is 16.3. The van der Waals surface area contributed by atoms with Gasteiger partial charge in [0, 0.05) is 11.4 Å². The van der Waals surface area contributed by atoms with Crippen LogP contribution in [0, 0.1) is 6.92 Å². The summed E-state index contributed by atoms with van der Waals surface area (Å²) in [6, 6.07) is 15.7. The Morgan fingerprint density at radius 2 is 1.96 bits per heavy atom. The lowest BCUT2D eigenvalue weighted by Crippen LogP contribution is -2.13. The van der Waals surface area contributed by atoms with E-state index in [1.807, 2.05) is 36.4 Å². The summed E-state index contributed by atoms with van der Waals surface area (Å²) in [6.07, 6.45) is 0.734. The predicted molar refractivity (Wildman–Crippen MR) is 94.0 cm³/mol. The van der Waals surface area contributed by atoms with Gasteiger partial charge in [0.1, 0.15) is 16.9 Å². The number of nitrogens with two attached hydrogens (primary N) is 1. The Bertz CT molecular complexity index is 852. The number of esters is 1. The number of aryl methyl sites for hydroxylation is 1. The van der Waals surface area contributed by atoms with Crippen molar-refractivity contribution < 1.29 is 13.9 Å². The maximum absolute atomic E-state index is 12.2. The van der Waals surface area contributed by atoms with E-state index in [1.54, 1.807) is 13.8 Å². The molecule has 4 heteroatoms. The van der Waals surface area contributed by atoms with E-state index in [9.17, 15) is 4.79 Å². The smallest absolute Gasteiger partial charge is 0.342 e. The second kappa shape index (κ2) is 6.89. The number of benzene rings is 2. The van der Waals surface area contributed by atoms with Crippen molar-refractivity contribution in [3.05, 3.63) is 71.0 Å². The van der Waals surface area contributed by atoms with Gasteiger partial charge in [-0.05, 0) is 43.5 Å². The molecule has 0 fully saturated rings. The molecule has 0 aliphatic carbocycles. The maximum atomic E-state index is 12.2. The highest BCUT2D eigenvalue weighted by Gasteiger charge is 2.20. The van der Waals surface area contributed by atoms with Gasteiger partial charge in [0.25, 0.3) is 0 Å². The topological polar surface area (TPSA) is 65.5 Å². The largest absolute Gasteiger partial charge is 0.462 e. The zero-order chi connectivity index (χ0) is 17.1. The van der Waals surface area contributed by atoms with Crippen LogP contribution in [0.2, 0.25) is 0 Å². The molecule has 24 heavy (non-hydrogen) atoms. The van der Waals surface area contributed by atoms with Gasteiger partial charge in [0.2, 0.25) is 0 Å². The van der Waals surface area contributed by atoms with Crippen LogP contribution >= 0.6 is 0 Å². The number of fused-ring (bicyclic) bond motifs is 1. The average molecular weight is 323 g/mol. The fourth-order valence-electron chi connectivity index (χ4n) is 2.91. The van der Waals surface area contributed by atoms with Gasteiger partial charge in [-0.2, -0.15) is 0 Å². The zero-order valence-corrected chi connectivity index (χ0v) is 13.9. The summed E-state index contributed by atoms with van der Waals surface area (Å²) in [7, 11) is 0. The summed E-state index contributed by atoms with van der Waals surface area (Å²) in [5.74, 6) is 0.208. The fraction of sp³-hybridized carbons (Fsp3) is 0.250. The van der Waals surface area contributed by atoms with Gasteiger partial charge in [-0.1, -0.05) is 36.4 Å². The lowest BCUT2D eigenvalue weighted by atomic mass is 9.98. The zero-order valence-electron chi connectivity index (χ0n) is 13.9. The Balaban J connectivity index is 1.95. The molecule has 3 rings (SSSR count). The minimum Gasteiger partial charge on any atom is -0.462 e. The summed E-state index contributed by atoms with van der Waals surface area (Å²) < 4.78 is 10.8. The Labute approximate surface area is 141 Å². The van der Waals surface area contributed by atoms with Crippen LogP contribution in [0.25, 0.3) is 11.0 Å². The van der Waals surface area contributed by atoms with E-state index in [-0.39, 0.29) is 12.0 Å². The molecule has 124 valence electrons. The molecular formula is C20H21NO3. The molecule has 0 saturated heterocycles. The SMILES string of the molecule is CCOC(=O)c1c(C)oc2ccc(C(N)Cc3ccccc3)cc12. The van der Waals surface area contributed by atoms with Crippen LogP contribution in [0.1, 0.15) is 40.2 Å². The monoisotopic (exact) mass is 323 g/mol. The highest BCUT2D eigenvalue weighted by molar-refractivity contribution is 6.04. The Morgan fingerprint density at radius 1 is 1.21 bits per heavy atom. The van der Waals surface area contributed by atoms with E-state index in [0.717, 1.165) is 17.4 Å². The number of ether oxygens (including phenoxy) is 1. The number of hydrogen-bond acceptors (Lipinski definition) is 4. The third-order valence-corrected chi connectivity index (χ3v) is 4.09. The lowest BCUT2D eigenvalue weighted by molar-refractivity contribution is 0.0526. The first-order valence-electron chi connectivity index (χ1n) is 8.09. The average Bonchev–Trinajstić information content (AvgIpc) is 2.90. The highest BCUT2D eigenvalue weighted by Crippen LogP contribution is 2.29. The van der Waals surface area contributed by atoms with Crippen LogP contribution in [-0.2, 0) is 11.2 Å². The summed E-state index contributed by atoms with van der Waals surface area (Å²) in [5.41, 5.74) is 9.67. The Hall–Kier alpha value is -2.59. The van der Waals surface area contributed by atoms with Crippen molar-refractivity contribution in [1.29, 1.82) is 0 Å². The number of rotatable bonds is 5. The molecule has 3 aromatic rings. The minimum absolute atomic E-state index is 0.151. The molecule has 0 spiro atoms. The van der Waals surface area contributed by atoms with Gasteiger partial charge in [-0.3, -0.25) is 0 Å². The van der Waals surface area contributed by atoms with Crippen molar-refractivity contribution >= 4 is 16.9 Å². The highest BCUT2D eigenvalue weighted by atomic mass is 16.5. The Morgan fingerprint density at radius 3 is 2.67 bits per heavy atom. The first-order chi connectivity index (χ1) is 11.6. The van der Waals surface area contributed by atoms with Crippen LogP contribution < -0.4 is 5.73 Å². The molecule has 1 heterocycles. The molecule has 4 nitrogen and oxygen atoms in total.